The number of carbonyl (C=O) groups excluding carboxylic acids is 1. The van der Waals surface area contributed by atoms with Gasteiger partial charge in [0.25, 0.3) is 0 Å². The van der Waals surface area contributed by atoms with Crippen LogP contribution in [0.25, 0.3) is 0 Å². The number of ketones is 1. The van der Waals surface area contributed by atoms with Gasteiger partial charge in [0.15, 0.2) is 5.78 Å². The molecule has 116 valence electrons. The highest BCUT2D eigenvalue weighted by Crippen LogP contribution is 2.33. The first-order chi connectivity index (χ1) is 10.4. The average Bonchev–Trinajstić information content (AvgIpc) is 2.45. The van der Waals surface area contributed by atoms with Crippen molar-refractivity contribution in [1.82, 2.24) is 0 Å². The summed E-state index contributed by atoms with van der Waals surface area (Å²) in [7, 11) is 0. The predicted octanol–water partition coefficient (Wildman–Crippen LogP) is 7.54. The van der Waals surface area contributed by atoms with Gasteiger partial charge in [0, 0.05) is 40.8 Å². The summed E-state index contributed by atoms with van der Waals surface area (Å²) in [5.41, 5.74) is 2.80. The predicted molar refractivity (Wildman–Crippen MR) is 107 cm³/mol. The fraction of sp³-hybridized carbons (Fsp3) is 0.133. The van der Waals surface area contributed by atoms with Gasteiger partial charge in [0.1, 0.15) is 0 Å². The largest absolute Gasteiger partial charge is 0.289 e. The topological polar surface area (TPSA) is 17.1 Å². The molecule has 2 rings (SSSR count). The van der Waals surface area contributed by atoms with Crippen molar-refractivity contribution in [2.45, 2.75) is 10.7 Å². The van der Waals surface area contributed by atoms with Crippen LogP contribution >= 0.6 is 86.9 Å². The average molecular weight is 595 g/mol. The van der Waals surface area contributed by atoms with E-state index in [9.17, 15) is 4.79 Å². The first-order valence-electron chi connectivity index (χ1n) is 6.01. The van der Waals surface area contributed by atoms with Gasteiger partial charge in [-0.1, -0.05) is 86.9 Å². The maximum absolute atomic E-state index is 13.0. The zero-order valence-electron chi connectivity index (χ0n) is 10.9. The van der Waals surface area contributed by atoms with Crippen molar-refractivity contribution < 1.29 is 4.79 Å². The van der Waals surface area contributed by atoms with Gasteiger partial charge >= 0.3 is 0 Å². The van der Waals surface area contributed by atoms with Gasteiger partial charge in [-0.15, -0.1) is 0 Å². The van der Waals surface area contributed by atoms with E-state index in [1.807, 2.05) is 0 Å². The van der Waals surface area contributed by atoms with E-state index in [1.165, 1.54) is 0 Å². The van der Waals surface area contributed by atoms with Crippen LogP contribution in [0.15, 0.2) is 33.2 Å². The molecule has 0 aromatic heterocycles. The van der Waals surface area contributed by atoms with Crippen molar-refractivity contribution in [3.8, 4) is 0 Å². The van der Waals surface area contributed by atoms with Crippen LogP contribution < -0.4 is 0 Å². The number of alkyl halides is 2. The molecule has 0 amide bonds. The Morgan fingerprint density at radius 3 is 1.50 bits per heavy atom. The standard InChI is InChI=1S/C15H8Br4Cl2O/c16-5-11-9(1-7(20)3-13(11)18)15(22)10-2-8(21)4-14(19)12(10)6-17/h1-4H,5-6H2. The zero-order valence-corrected chi connectivity index (χ0v) is 18.8. The molecule has 0 aliphatic heterocycles. The fourth-order valence-corrected chi connectivity index (χ4v) is 5.89. The minimum absolute atomic E-state index is 0.115. The summed E-state index contributed by atoms with van der Waals surface area (Å²) in [6, 6.07) is 6.90. The lowest BCUT2D eigenvalue weighted by Crippen LogP contribution is -2.09. The maximum atomic E-state index is 13.0. The molecule has 0 radical (unpaired) electrons. The van der Waals surface area contributed by atoms with Crippen LogP contribution in [0.4, 0.5) is 0 Å². The number of hydrogen-bond donors (Lipinski definition) is 0. The SMILES string of the molecule is O=C(c1cc(Cl)cc(Br)c1CBr)c1cc(Cl)cc(Br)c1CBr. The molecule has 0 spiro atoms. The van der Waals surface area contributed by atoms with Crippen molar-refractivity contribution in [3.63, 3.8) is 0 Å². The van der Waals surface area contributed by atoms with Crippen LogP contribution in [0.2, 0.25) is 10.0 Å². The smallest absolute Gasteiger partial charge is 0.193 e. The molecule has 0 saturated carbocycles. The molecule has 7 heteroatoms. The van der Waals surface area contributed by atoms with Crippen molar-refractivity contribution in [2.24, 2.45) is 0 Å². The van der Waals surface area contributed by atoms with Gasteiger partial charge in [-0.2, -0.15) is 0 Å². The summed E-state index contributed by atoms with van der Waals surface area (Å²) in [4.78, 5) is 13.0. The van der Waals surface area contributed by atoms with E-state index in [1.54, 1.807) is 24.3 Å². The molecule has 0 heterocycles. The highest BCUT2D eigenvalue weighted by molar-refractivity contribution is 9.11. The molecule has 22 heavy (non-hydrogen) atoms. The molecule has 0 atom stereocenters. The second-order valence-electron chi connectivity index (χ2n) is 4.42. The monoisotopic (exact) mass is 590 g/mol. The van der Waals surface area contributed by atoms with Gasteiger partial charge in [0.2, 0.25) is 0 Å². The number of benzene rings is 2. The lowest BCUT2D eigenvalue weighted by atomic mass is 9.96. The summed E-state index contributed by atoms with van der Waals surface area (Å²) in [5.74, 6) is -0.115. The Balaban J connectivity index is 2.68. The van der Waals surface area contributed by atoms with Gasteiger partial charge < -0.3 is 0 Å². The first-order valence-corrected chi connectivity index (χ1v) is 10.6. The van der Waals surface area contributed by atoms with Gasteiger partial charge in [-0.25, -0.2) is 0 Å². The van der Waals surface area contributed by atoms with Crippen molar-refractivity contribution in [1.29, 1.82) is 0 Å². The molecule has 1 nitrogen and oxygen atoms in total. The number of halogens is 6. The van der Waals surface area contributed by atoms with Crippen LogP contribution in [0.5, 0.6) is 0 Å². The van der Waals surface area contributed by atoms with Crippen LogP contribution in [0.1, 0.15) is 27.0 Å². The number of rotatable bonds is 4. The third-order valence-corrected chi connectivity index (χ3v) is 6.05. The van der Waals surface area contributed by atoms with Gasteiger partial charge in [-0.3, -0.25) is 4.79 Å². The fourth-order valence-electron chi connectivity index (χ4n) is 2.03. The van der Waals surface area contributed by atoms with Gasteiger partial charge in [0.05, 0.1) is 0 Å². The van der Waals surface area contributed by atoms with E-state index >= 15 is 0 Å². The quantitative estimate of drug-likeness (QED) is 0.264. The van der Waals surface area contributed by atoms with Crippen LogP contribution in [-0.4, -0.2) is 5.78 Å². The minimum Gasteiger partial charge on any atom is -0.289 e. The Hall–Kier alpha value is 0.610. The van der Waals surface area contributed by atoms with Crippen LogP contribution in [0.3, 0.4) is 0 Å². The lowest BCUT2D eigenvalue weighted by Gasteiger charge is -2.13. The molecule has 0 N–H and O–H groups in total. The molecule has 0 aliphatic carbocycles. The third-order valence-electron chi connectivity index (χ3n) is 3.08. The summed E-state index contributed by atoms with van der Waals surface area (Å²) >= 11 is 26.0. The van der Waals surface area contributed by atoms with E-state index in [-0.39, 0.29) is 5.78 Å². The molecule has 0 aliphatic rings. The molecule has 0 unspecified atom stereocenters. The lowest BCUT2D eigenvalue weighted by molar-refractivity contribution is 0.103. The van der Waals surface area contributed by atoms with E-state index < -0.39 is 0 Å². The van der Waals surface area contributed by atoms with Crippen LogP contribution in [0, 0.1) is 0 Å². The summed E-state index contributed by atoms with van der Waals surface area (Å²) < 4.78 is 1.59. The second kappa shape index (κ2) is 8.13. The summed E-state index contributed by atoms with van der Waals surface area (Å²) in [5, 5.41) is 2.08. The normalized spacial score (nSPS) is 10.8. The Bertz CT molecular complexity index is 685. The minimum atomic E-state index is -0.115. The van der Waals surface area contributed by atoms with Crippen LogP contribution in [-0.2, 0) is 10.7 Å². The van der Waals surface area contributed by atoms with Gasteiger partial charge in [-0.05, 0) is 35.4 Å². The molecule has 0 bridgehead atoms. The van der Waals surface area contributed by atoms with E-state index in [0.717, 1.165) is 20.1 Å². The molecule has 0 saturated heterocycles. The highest BCUT2D eigenvalue weighted by Gasteiger charge is 2.21. The molecule has 2 aromatic rings. The van der Waals surface area contributed by atoms with E-state index in [0.29, 0.717) is 31.8 Å². The maximum Gasteiger partial charge on any atom is 0.193 e. The number of hydrogen-bond acceptors (Lipinski definition) is 1. The third kappa shape index (κ3) is 3.98. The Kier molecular flexibility index (Phi) is 7.00. The molecular formula is C15H8Br4Cl2O. The first kappa shape index (κ1) is 18.9. The Morgan fingerprint density at radius 1 is 0.818 bits per heavy atom. The van der Waals surface area contributed by atoms with E-state index in [2.05, 4.69) is 63.7 Å². The molecule has 2 aromatic carbocycles. The zero-order chi connectivity index (χ0) is 16.4. The van der Waals surface area contributed by atoms with Crippen molar-refractivity contribution >= 4 is 92.7 Å². The summed E-state index contributed by atoms with van der Waals surface area (Å²) in [6.07, 6.45) is 0. The summed E-state index contributed by atoms with van der Waals surface area (Å²) in [6.45, 7) is 0. The molecule has 0 fully saturated rings. The number of carbonyl (C=O) groups is 1. The van der Waals surface area contributed by atoms with Crippen molar-refractivity contribution in [3.05, 3.63) is 65.5 Å². The molecular weight excluding hydrogens is 587 g/mol. The highest BCUT2D eigenvalue weighted by atomic mass is 79.9. The Morgan fingerprint density at radius 2 is 1.18 bits per heavy atom. The Labute approximate surface area is 172 Å². The van der Waals surface area contributed by atoms with E-state index in [4.69, 9.17) is 23.2 Å². The van der Waals surface area contributed by atoms with Crippen molar-refractivity contribution in [2.75, 3.05) is 0 Å². The second-order valence-corrected chi connectivity index (χ2v) is 8.13.